The zero-order chi connectivity index (χ0) is 22.0. The quantitative estimate of drug-likeness (QED) is 0.747. The van der Waals surface area contributed by atoms with Crippen molar-refractivity contribution < 1.29 is 23.9 Å². The number of benzene rings is 2. The van der Waals surface area contributed by atoms with Crippen LogP contribution < -0.4 is 14.8 Å². The van der Waals surface area contributed by atoms with E-state index in [1.807, 2.05) is 30.3 Å². The van der Waals surface area contributed by atoms with Crippen molar-refractivity contribution >= 4 is 17.8 Å². The molecule has 1 spiro atoms. The molecule has 2 saturated heterocycles. The average molecular weight is 423 g/mol. The highest BCUT2D eigenvalue weighted by atomic mass is 16.5. The van der Waals surface area contributed by atoms with Gasteiger partial charge in [-0.05, 0) is 30.5 Å². The SMILES string of the molecule is COc1cc(OC)cc(C(=O)N2CCCC3(C2)NC(=O)N(Cc2ccccc2)C3=O)c1. The van der Waals surface area contributed by atoms with E-state index in [2.05, 4.69) is 5.32 Å². The third-order valence-electron chi connectivity index (χ3n) is 5.81. The molecular weight excluding hydrogens is 398 g/mol. The predicted octanol–water partition coefficient (Wildman–Crippen LogP) is 2.43. The first-order chi connectivity index (χ1) is 15.0. The molecule has 2 aromatic rings. The lowest BCUT2D eigenvalue weighted by atomic mass is 9.88. The zero-order valence-electron chi connectivity index (χ0n) is 17.6. The lowest BCUT2D eigenvalue weighted by Gasteiger charge is -2.38. The van der Waals surface area contributed by atoms with E-state index in [4.69, 9.17) is 9.47 Å². The highest BCUT2D eigenvalue weighted by Crippen LogP contribution is 2.31. The Morgan fingerprint density at radius 2 is 1.74 bits per heavy atom. The summed E-state index contributed by atoms with van der Waals surface area (Å²) >= 11 is 0. The van der Waals surface area contributed by atoms with Crippen molar-refractivity contribution in [3.8, 4) is 11.5 Å². The van der Waals surface area contributed by atoms with Gasteiger partial charge < -0.3 is 19.7 Å². The molecule has 1 atom stereocenters. The molecular formula is C23H25N3O5. The Hall–Kier alpha value is -3.55. The number of nitrogens with one attached hydrogen (secondary N) is 1. The maximum absolute atomic E-state index is 13.3. The van der Waals surface area contributed by atoms with Crippen LogP contribution in [0.4, 0.5) is 4.79 Å². The van der Waals surface area contributed by atoms with Crippen molar-refractivity contribution in [3.05, 3.63) is 59.7 Å². The van der Waals surface area contributed by atoms with E-state index < -0.39 is 11.6 Å². The van der Waals surface area contributed by atoms with Gasteiger partial charge in [0.15, 0.2) is 0 Å². The van der Waals surface area contributed by atoms with Crippen molar-refractivity contribution in [2.45, 2.75) is 24.9 Å². The Morgan fingerprint density at radius 1 is 1.06 bits per heavy atom. The number of amides is 4. The molecule has 4 amide bonds. The number of urea groups is 1. The Morgan fingerprint density at radius 3 is 2.39 bits per heavy atom. The van der Waals surface area contributed by atoms with Crippen LogP contribution in [-0.2, 0) is 11.3 Å². The molecule has 4 rings (SSSR count). The summed E-state index contributed by atoms with van der Waals surface area (Å²) in [5, 5.41) is 2.86. The van der Waals surface area contributed by atoms with Crippen molar-refractivity contribution in [2.75, 3.05) is 27.3 Å². The first-order valence-electron chi connectivity index (χ1n) is 10.2. The number of hydrogen-bond acceptors (Lipinski definition) is 5. The second kappa shape index (κ2) is 8.29. The lowest BCUT2D eigenvalue weighted by molar-refractivity contribution is -0.133. The van der Waals surface area contributed by atoms with Gasteiger partial charge in [0, 0.05) is 18.2 Å². The van der Waals surface area contributed by atoms with Crippen LogP contribution in [0, 0.1) is 0 Å². The number of piperidine rings is 1. The summed E-state index contributed by atoms with van der Waals surface area (Å²) in [5.74, 6) is 0.490. The minimum atomic E-state index is -1.09. The van der Waals surface area contributed by atoms with Crippen molar-refractivity contribution in [3.63, 3.8) is 0 Å². The maximum Gasteiger partial charge on any atom is 0.325 e. The second-order valence-corrected chi connectivity index (χ2v) is 7.82. The normalized spacial score (nSPS) is 20.7. The monoisotopic (exact) mass is 423 g/mol. The standard InChI is InChI=1S/C23H25N3O5/c1-30-18-11-17(12-19(13-18)31-2)20(27)25-10-6-9-23(15-25)21(28)26(22(29)24-23)14-16-7-4-3-5-8-16/h3-5,7-8,11-13H,6,9-10,14-15H2,1-2H3,(H,24,29). The first-order valence-corrected chi connectivity index (χ1v) is 10.2. The van der Waals surface area contributed by atoms with Crippen molar-refractivity contribution in [1.29, 1.82) is 0 Å². The average Bonchev–Trinajstić information content (AvgIpc) is 3.02. The molecule has 162 valence electrons. The molecule has 0 aromatic heterocycles. The summed E-state index contributed by atoms with van der Waals surface area (Å²) in [6.45, 7) is 0.831. The van der Waals surface area contributed by atoms with Gasteiger partial charge >= 0.3 is 6.03 Å². The Labute approximate surface area is 180 Å². The van der Waals surface area contributed by atoms with Gasteiger partial charge in [-0.1, -0.05) is 30.3 Å². The Kier molecular flexibility index (Phi) is 5.54. The Bertz CT molecular complexity index is 987. The summed E-state index contributed by atoms with van der Waals surface area (Å²) in [6, 6.07) is 13.9. The highest BCUT2D eigenvalue weighted by molar-refractivity contribution is 6.07. The number of methoxy groups -OCH3 is 2. The van der Waals surface area contributed by atoms with E-state index in [0.717, 1.165) is 5.56 Å². The van der Waals surface area contributed by atoms with Crippen LogP contribution in [0.15, 0.2) is 48.5 Å². The molecule has 2 aromatic carbocycles. The van der Waals surface area contributed by atoms with E-state index in [-0.39, 0.29) is 24.9 Å². The molecule has 2 aliphatic heterocycles. The fraction of sp³-hybridized carbons (Fsp3) is 0.348. The summed E-state index contributed by atoms with van der Waals surface area (Å²) in [6.07, 6.45) is 1.10. The molecule has 8 heteroatoms. The molecule has 2 heterocycles. The summed E-state index contributed by atoms with van der Waals surface area (Å²) in [5.41, 5.74) is 0.185. The maximum atomic E-state index is 13.3. The third kappa shape index (κ3) is 3.93. The molecule has 8 nitrogen and oxygen atoms in total. The van der Waals surface area contributed by atoms with Crippen molar-refractivity contribution in [2.24, 2.45) is 0 Å². The number of imide groups is 1. The van der Waals surface area contributed by atoms with Gasteiger partial charge in [0.2, 0.25) is 0 Å². The third-order valence-corrected chi connectivity index (χ3v) is 5.81. The molecule has 31 heavy (non-hydrogen) atoms. The van der Waals surface area contributed by atoms with Crippen LogP contribution in [-0.4, -0.2) is 60.5 Å². The molecule has 0 bridgehead atoms. The van der Waals surface area contributed by atoms with Gasteiger partial charge in [-0.3, -0.25) is 14.5 Å². The van der Waals surface area contributed by atoms with Crippen LogP contribution >= 0.6 is 0 Å². The van der Waals surface area contributed by atoms with E-state index >= 15 is 0 Å². The Balaban J connectivity index is 1.55. The minimum absolute atomic E-state index is 0.126. The molecule has 2 aliphatic rings. The number of carbonyl (C=O) groups excluding carboxylic acids is 3. The molecule has 0 radical (unpaired) electrons. The molecule has 1 N–H and O–H groups in total. The second-order valence-electron chi connectivity index (χ2n) is 7.82. The van der Waals surface area contributed by atoms with E-state index in [9.17, 15) is 14.4 Å². The first kappa shape index (κ1) is 20.7. The van der Waals surface area contributed by atoms with Gasteiger partial charge in [0.05, 0.1) is 27.3 Å². The number of nitrogens with zero attached hydrogens (tertiary/aromatic N) is 2. The van der Waals surface area contributed by atoms with Crippen LogP contribution in [0.25, 0.3) is 0 Å². The van der Waals surface area contributed by atoms with E-state index in [0.29, 0.717) is 36.4 Å². The molecule has 0 aliphatic carbocycles. The largest absolute Gasteiger partial charge is 0.497 e. The summed E-state index contributed by atoms with van der Waals surface area (Å²) in [7, 11) is 3.04. The fourth-order valence-electron chi connectivity index (χ4n) is 4.20. The molecule has 1 unspecified atom stereocenters. The molecule has 0 saturated carbocycles. The predicted molar refractivity (Wildman–Crippen MR) is 113 cm³/mol. The summed E-state index contributed by atoms with van der Waals surface area (Å²) < 4.78 is 10.5. The minimum Gasteiger partial charge on any atom is -0.497 e. The van der Waals surface area contributed by atoms with Crippen LogP contribution in [0.1, 0.15) is 28.8 Å². The van der Waals surface area contributed by atoms with Crippen LogP contribution in [0.5, 0.6) is 11.5 Å². The number of ether oxygens (including phenoxy) is 2. The number of rotatable bonds is 5. The summed E-state index contributed by atoms with van der Waals surface area (Å²) in [4.78, 5) is 42.0. The van der Waals surface area contributed by atoms with Crippen LogP contribution in [0.3, 0.4) is 0 Å². The molecule has 2 fully saturated rings. The van der Waals surface area contributed by atoms with Gasteiger partial charge in [-0.25, -0.2) is 4.79 Å². The lowest BCUT2D eigenvalue weighted by Crippen LogP contribution is -2.59. The van der Waals surface area contributed by atoms with Gasteiger partial charge in [0.25, 0.3) is 11.8 Å². The van der Waals surface area contributed by atoms with Gasteiger partial charge in [-0.15, -0.1) is 0 Å². The fourth-order valence-corrected chi connectivity index (χ4v) is 4.20. The topological polar surface area (TPSA) is 88.2 Å². The van der Waals surface area contributed by atoms with E-state index in [1.165, 1.54) is 19.1 Å². The smallest absolute Gasteiger partial charge is 0.325 e. The van der Waals surface area contributed by atoms with E-state index in [1.54, 1.807) is 23.1 Å². The van der Waals surface area contributed by atoms with Crippen molar-refractivity contribution in [1.82, 2.24) is 15.1 Å². The highest BCUT2D eigenvalue weighted by Gasteiger charge is 2.53. The van der Waals surface area contributed by atoms with Crippen LogP contribution in [0.2, 0.25) is 0 Å². The number of carbonyl (C=O) groups is 3. The number of likely N-dealkylation sites (tertiary alicyclic amines) is 1. The van der Waals surface area contributed by atoms with Gasteiger partial charge in [-0.2, -0.15) is 0 Å². The van der Waals surface area contributed by atoms with Gasteiger partial charge in [0.1, 0.15) is 17.0 Å². The number of hydrogen-bond donors (Lipinski definition) is 1. The zero-order valence-corrected chi connectivity index (χ0v) is 17.6.